The fourth-order valence-electron chi connectivity index (χ4n) is 3.88. The van der Waals surface area contributed by atoms with E-state index in [1.165, 1.54) is 17.2 Å². The molecule has 1 saturated heterocycles. The van der Waals surface area contributed by atoms with Gasteiger partial charge in [-0.15, -0.1) is 6.42 Å². The number of esters is 1. The highest BCUT2D eigenvalue weighted by Crippen LogP contribution is 2.47. The Morgan fingerprint density at radius 1 is 1.36 bits per heavy atom. The summed E-state index contributed by atoms with van der Waals surface area (Å²) in [5.74, 6) is 1.50. The zero-order chi connectivity index (χ0) is 29.0. The summed E-state index contributed by atoms with van der Waals surface area (Å²) in [7, 11) is 0. The number of aliphatic hydroxyl groups is 2. The van der Waals surface area contributed by atoms with Crippen LogP contribution in [0.2, 0.25) is 0 Å². The van der Waals surface area contributed by atoms with Crippen LogP contribution in [-0.2, 0) is 35.4 Å². The number of terminal acetylenes is 1. The van der Waals surface area contributed by atoms with E-state index in [2.05, 4.69) is 22.9 Å². The van der Waals surface area contributed by atoms with Gasteiger partial charge in [0.2, 0.25) is 0 Å². The largest absolute Gasteiger partial charge is 0.462 e. The Morgan fingerprint density at radius 2 is 2.03 bits per heavy atom. The van der Waals surface area contributed by atoms with Crippen LogP contribution in [0.1, 0.15) is 27.7 Å². The minimum Gasteiger partial charge on any atom is -0.462 e. The minimum absolute atomic E-state index is 0.0950. The molecule has 0 aromatic heterocycles. The van der Waals surface area contributed by atoms with Gasteiger partial charge < -0.3 is 39.0 Å². The number of hydrogen-bond acceptors (Lipinski definition) is 10. The maximum atomic E-state index is 12.8. The van der Waals surface area contributed by atoms with Crippen molar-refractivity contribution in [3.8, 4) is 18.1 Å². The zero-order valence-electron chi connectivity index (χ0n) is 22.1. The van der Waals surface area contributed by atoms with E-state index in [-0.39, 0.29) is 24.4 Å². The van der Waals surface area contributed by atoms with Crippen molar-refractivity contribution in [3.63, 3.8) is 0 Å². The van der Waals surface area contributed by atoms with Crippen LogP contribution in [-0.4, -0.2) is 69.8 Å². The van der Waals surface area contributed by atoms with Crippen LogP contribution in [0.5, 0.6) is 5.75 Å². The lowest BCUT2D eigenvalue weighted by Crippen LogP contribution is -2.54. The van der Waals surface area contributed by atoms with Crippen LogP contribution < -0.4 is 14.9 Å². The number of hydrogen-bond donors (Lipinski definition) is 4. The molecule has 2 aliphatic heterocycles. The number of carbonyl (C=O) groups is 2. The summed E-state index contributed by atoms with van der Waals surface area (Å²) in [6.07, 6.45) is 3.70. The van der Waals surface area contributed by atoms with Crippen molar-refractivity contribution in [2.45, 2.75) is 63.9 Å². The maximum absolute atomic E-state index is 12.8. The Hall–Kier alpha value is -2.75. The molecule has 0 radical (unpaired) electrons. The lowest BCUT2D eigenvalue weighted by atomic mass is 9.94. The molecular formula is C26H34N3O8PS. The monoisotopic (exact) mass is 579 g/mol. The first-order valence-electron chi connectivity index (χ1n) is 12.3. The molecule has 212 valence electrons. The molecule has 3 rings (SSSR count). The first-order chi connectivity index (χ1) is 18.3. The molecule has 39 heavy (non-hydrogen) atoms. The third-order valence-corrected chi connectivity index (χ3v) is 8.27. The van der Waals surface area contributed by atoms with E-state index in [0.29, 0.717) is 5.75 Å². The first-order valence-corrected chi connectivity index (χ1v) is 14.9. The van der Waals surface area contributed by atoms with Crippen molar-refractivity contribution in [1.29, 1.82) is 0 Å². The van der Waals surface area contributed by atoms with Crippen LogP contribution in [0, 0.1) is 18.3 Å². The van der Waals surface area contributed by atoms with E-state index < -0.39 is 48.6 Å². The summed E-state index contributed by atoms with van der Waals surface area (Å²) in [5, 5.41) is 27.6. The standard InChI is InChI=1S/C26H34N3O8PS/c1-7-26(33)23(31)20(36-25(26)29-14-13-21(30)27-18(29)6)15-34-38(39,37-19-11-9-8-10-12-19)28-22(16(2)3)24(32)35-17(4)5/h1,8-14,16-17,20,22-23,25,31,33H,6,15H2,2-5H3,(H,27,30)(H,28,39)/t20-,22?,23-,25-,26-,38?/m1/s1. The van der Waals surface area contributed by atoms with Crippen molar-refractivity contribution < 1.29 is 38.3 Å². The summed E-state index contributed by atoms with van der Waals surface area (Å²) in [5.41, 5.74) is -2.19. The molecule has 4 N–H and O–H groups in total. The second-order valence-electron chi connectivity index (χ2n) is 9.63. The quantitative estimate of drug-likeness (QED) is 0.173. The number of benzene rings is 1. The minimum atomic E-state index is -3.49. The van der Waals surface area contributed by atoms with Crippen LogP contribution >= 0.6 is 6.64 Å². The molecule has 11 nitrogen and oxygen atoms in total. The van der Waals surface area contributed by atoms with E-state index >= 15 is 0 Å². The molecule has 2 aliphatic rings. The summed E-state index contributed by atoms with van der Waals surface area (Å²) in [6.45, 7) is 7.00. The SMILES string of the molecule is C#C[C@@]1(O)[C@H](O)[C@@H](COP(=S)(NC(C(=O)OC(C)C)C(C)C)Oc2ccccc2)O[C@H]1N1C=CC(=O)NC1=C. The molecule has 1 amide bonds. The van der Waals surface area contributed by atoms with Crippen LogP contribution in [0.15, 0.2) is 55.0 Å². The van der Waals surface area contributed by atoms with Gasteiger partial charge in [0.1, 0.15) is 29.8 Å². The molecule has 13 heteroatoms. The first kappa shape index (κ1) is 30.8. The molecule has 2 unspecified atom stereocenters. The van der Waals surface area contributed by atoms with Gasteiger partial charge in [0.05, 0.1) is 12.7 Å². The number of para-hydroxylation sites is 1. The third kappa shape index (κ3) is 7.26. The summed E-state index contributed by atoms with van der Waals surface area (Å²) in [4.78, 5) is 25.8. The molecule has 0 spiro atoms. The van der Waals surface area contributed by atoms with Gasteiger partial charge in [-0.25, -0.2) is 5.09 Å². The predicted octanol–water partition coefficient (Wildman–Crippen LogP) is 1.74. The number of ether oxygens (including phenoxy) is 2. The Kier molecular flexibility index (Phi) is 9.96. The molecule has 0 aliphatic carbocycles. The lowest BCUT2D eigenvalue weighted by Gasteiger charge is -2.36. The summed E-state index contributed by atoms with van der Waals surface area (Å²) >= 11 is 5.78. The highest BCUT2D eigenvalue weighted by Gasteiger charge is 2.57. The Labute approximate surface area is 233 Å². The second kappa shape index (κ2) is 12.6. The van der Waals surface area contributed by atoms with Gasteiger partial charge in [0, 0.05) is 12.3 Å². The molecule has 0 saturated carbocycles. The summed E-state index contributed by atoms with van der Waals surface area (Å²) < 4.78 is 23.4. The van der Waals surface area contributed by atoms with Crippen molar-refractivity contribution in [1.82, 2.24) is 15.3 Å². The Bertz CT molecular complexity index is 1190. The van der Waals surface area contributed by atoms with Gasteiger partial charge in [0.25, 0.3) is 5.91 Å². The average molecular weight is 580 g/mol. The fourth-order valence-corrected chi connectivity index (χ4v) is 6.32. The smallest absolute Gasteiger partial charge is 0.324 e. The van der Waals surface area contributed by atoms with Crippen LogP contribution in [0.4, 0.5) is 0 Å². The number of carbonyl (C=O) groups excluding carboxylic acids is 2. The number of amides is 1. The number of rotatable bonds is 11. The van der Waals surface area contributed by atoms with Crippen LogP contribution in [0.3, 0.4) is 0 Å². The molecule has 1 fully saturated rings. The van der Waals surface area contributed by atoms with E-state index in [9.17, 15) is 19.8 Å². The maximum Gasteiger partial charge on any atom is 0.324 e. The second-order valence-corrected chi connectivity index (χ2v) is 12.8. The topological polar surface area (TPSA) is 139 Å². The molecule has 0 bridgehead atoms. The average Bonchev–Trinajstić information content (AvgIpc) is 3.12. The van der Waals surface area contributed by atoms with Gasteiger partial charge in [-0.2, -0.15) is 0 Å². The molecular weight excluding hydrogens is 545 g/mol. The number of nitrogens with zero attached hydrogens (tertiary/aromatic N) is 1. The highest BCUT2D eigenvalue weighted by atomic mass is 32.5. The van der Waals surface area contributed by atoms with Crippen molar-refractivity contribution in [3.05, 3.63) is 55.0 Å². The lowest BCUT2D eigenvalue weighted by molar-refractivity contribution is -0.150. The van der Waals surface area contributed by atoms with Crippen LogP contribution in [0.25, 0.3) is 0 Å². The van der Waals surface area contributed by atoms with Gasteiger partial charge in [-0.05, 0) is 43.7 Å². The molecule has 2 heterocycles. The normalized spacial score (nSPS) is 27.2. The van der Waals surface area contributed by atoms with E-state index in [0.717, 1.165) is 0 Å². The van der Waals surface area contributed by atoms with Crippen molar-refractivity contribution >= 4 is 30.3 Å². The van der Waals surface area contributed by atoms with Gasteiger partial charge in [-0.3, -0.25) is 9.59 Å². The van der Waals surface area contributed by atoms with Crippen molar-refractivity contribution in [2.24, 2.45) is 5.92 Å². The van der Waals surface area contributed by atoms with Gasteiger partial charge >= 0.3 is 12.6 Å². The van der Waals surface area contributed by atoms with Crippen molar-refractivity contribution in [2.75, 3.05) is 6.61 Å². The molecule has 1 aromatic rings. The van der Waals surface area contributed by atoms with Gasteiger partial charge in [0.15, 0.2) is 11.8 Å². The van der Waals surface area contributed by atoms with Gasteiger partial charge in [-0.1, -0.05) is 44.5 Å². The Balaban J connectivity index is 1.85. The van der Waals surface area contributed by atoms with E-state index in [1.807, 2.05) is 13.8 Å². The zero-order valence-corrected chi connectivity index (χ0v) is 23.9. The number of nitrogens with one attached hydrogen (secondary N) is 2. The molecule has 1 aromatic carbocycles. The third-order valence-electron chi connectivity index (χ3n) is 5.88. The Morgan fingerprint density at radius 3 is 2.59 bits per heavy atom. The summed E-state index contributed by atoms with van der Waals surface area (Å²) in [6, 6.07) is 7.80. The fraction of sp³-hybridized carbons (Fsp3) is 0.462. The molecule has 6 atom stereocenters. The van der Waals surface area contributed by atoms with E-state index in [1.54, 1.807) is 44.2 Å². The highest BCUT2D eigenvalue weighted by molar-refractivity contribution is 8.09. The number of aliphatic hydroxyl groups excluding tert-OH is 1. The predicted molar refractivity (Wildman–Crippen MR) is 147 cm³/mol. The van der Waals surface area contributed by atoms with E-state index in [4.69, 9.17) is 36.8 Å².